The highest BCUT2D eigenvalue weighted by atomic mass is 15.3. The Morgan fingerprint density at radius 1 is 0.750 bits per heavy atom. The van der Waals surface area contributed by atoms with Gasteiger partial charge >= 0.3 is 0 Å². The van der Waals surface area contributed by atoms with Crippen molar-refractivity contribution >= 4 is 0 Å². The minimum atomic E-state index is 1.08. The summed E-state index contributed by atoms with van der Waals surface area (Å²) in [5.74, 6) is 0. The van der Waals surface area contributed by atoms with Gasteiger partial charge in [0.2, 0.25) is 0 Å². The number of hydrogen-bond donors (Lipinski definition) is 1. The third-order valence-corrected chi connectivity index (χ3v) is 2.89. The van der Waals surface area contributed by atoms with Crippen LogP contribution in [0.5, 0.6) is 0 Å². The van der Waals surface area contributed by atoms with Gasteiger partial charge in [-0.25, -0.2) is 0 Å². The Balaban J connectivity index is 2.99. The molecular weight excluding hydrogens is 196 g/mol. The van der Waals surface area contributed by atoms with Gasteiger partial charge in [-0.05, 0) is 13.0 Å². The van der Waals surface area contributed by atoms with E-state index in [-0.39, 0.29) is 0 Å². The van der Waals surface area contributed by atoms with E-state index in [2.05, 4.69) is 33.4 Å². The molecule has 0 rings (SSSR count). The van der Waals surface area contributed by atoms with E-state index in [0.717, 1.165) is 4.48 Å². The second-order valence-corrected chi connectivity index (χ2v) is 5.89. The van der Waals surface area contributed by atoms with Crippen molar-refractivity contribution in [2.24, 2.45) is 0 Å². The second kappa shape index (κ2) is 10.1. The predicted octanol–water partition coefficient (Wildman–Crippen LogP) is 3.03. The standard InChI is InChI=1S/C14H33N2/c1-5-6-7-8-9-10-12-15-13-11-14-16(2,3)4/h15H,5-14H2,1-4H3/q+1. The van der Waals surface area contributed by atoms with Crippen LogP contribution < -0.4 is 5.32 Å². The van der Waals surface area contributed by atoms with Crippen molar-refractivity contribution in [3.63, 3.8) is 0 Å². The van der Waals surface area contributed by atoms with Gasteiger partial charge in [-0.3, -0.25) is 0 Å². The monoisotopic (exact) mass is 229 g/mol. The molecular formula is C14H33N2+. The SMILES string of the molecule is CCCCCCCCNCCC[N+](C)(C)C. The lowest BCUT2D eigenvalue weighted by atomic mass is 10.1. The molecule has 0 fully saturated rings. The Labute approximate surface area is 103 Å². The summed E-state index contributed by atoms with van der Waals surface area (Å²) >= 11 is 0. The average molecular weight is 229 g/mol. The number of quaternary nitrogens is 1. The highest BCUT2D eigenvalue weighted by molar-refractivity contribution is 4.49. The molecule has 0 atom stereocenters. The number of nitrogens with zero attached hydrogens (tertiary/aromatic N) is 1. The fourth-order valence-corrected chi connectivity index (χ4v) is 1.83. The van der Waals surface area contributed by atoms with E-state index < -0.39 is 0 Å². The van der Waals surface area contributed by atoms with Crippen molar-refractivity contribution in [2.45, 2.75) is 51.9 Å². The summed E-state index contributed by atoms with van der Waals surface area (Å²) in [5, 5.41) is 3.54. The summed E-state index contributed by atoms with van der Waals surface area (Å²) in [4.78, 5) is 0. The van der Waals surface area contributed by atoms with Crippen LogP contribution in [0, 0.1) is 0 Å². The maximum Gasteiger partial charge on any atom is 0.0792 e. The van der Waals surface area contributed by atoms with E-state index >= 15 is 0 Å². The number of unbranched alkanes of at least 4 members (excludes halogenated alkanes) is 5. The summed E-state index contributed by atoms with van der Waals surface area (Å²) < 4.78 is 1.08. The molecule has 16 heavy (non-hydrogen) atoms. The third-order valence-electron chi connectivity index (χ3n) is 2.89. The van der Waals surface area contributed by atoms with Crippen LogP contribution in [0.25, 0.3) is 0 Å². The molecule has 0 radical (unpaired) electrons. The zero-order valence-corrected chi connectivity index (χ0v) is 12.0. The van der Waals surface area contributed by atoms with Crippen LogP contribution in [0.15, 0.2) is 0 Å². The molecule has 0 amide bonds. The molecule has 0 unspecified atom stereocenters. The summed E-state index contributed by atoms with van der Waals surface area (Å²) in [6.07, 6.45) is 9.67. The lowest BCUT2D eigenvalue weighted by Crippen LogP contribution is -2.36. The molecule has 0 aromatic heterocycles. The summed E-state index contributed by atoms with van der Waals surface area (Å²) in [5.41, 5.74) is 0. The average Bonchev–Trinajstić information content (AvgIpc) is 2.19. The van der Waals surface area contributed by atoms with Crippen molar-refractivity contribution in [1.29, 1.82) is 0 Å². The van der Waals surface area contributed by atoms with Gasteiger partial charge in [0, 0.05) is 13.0 Å². The van der Waals surface area contributed by atoms with Crippen molar-refractivity contribution in [1.82, 2.24) is 5.32 Å². The topological polar surface area (TPSA) is 12.0 Å². The highest BCUT2D eigenvalue weighted by Crippen LogP contribution is 2.03. The van der Waals surface area contributed by atoms with Crippen LogP contribution in [-0.2, 0) is 0 Å². The first kappa shape index (κ1) is 15.9. The molecule has 1 N–H and O–H groups in total. The molecule has 0 saturated heterocycles. The predicted molar refractivity (Wildman–Crippen MR) is 73.8 cm³/mol. The molecule has 98 valence electrons. The van der Waals surface area contributed by atoms with Crippen LogP contribution in [0.3, 0.4) is 0 Å². The van der Waals surface area contributed by atoms with Crippen LogP contribution in [-0.4, -0.2) is 45.3 Å². The maximum absolute atomic E-state index is 3.54. The molecule has 0 spiro atoms. The first-order chi connectivity index (χ1) is 7.56. The molecule has 0 aromatic carbocycles. The number of nitrogens with one attached hydrogen (secondary N) is 1. The van der Waals surface area contributed by atoms with Crippen LogP contribution in [0.4, 0.5) is 0 Å². The summed E-state index contributed by atoms with van der Waals surface area (Å²) in [7, 11) is 6.77. The zero-order chi connectivity index (χ0) is 12.3. The van der Waals surface area contributed by atoms with Gasteiger partial charge in [-0.15, -0.1) is 0 Å². The second-order valence-electron chi connectivity index (χ2n) is 5.89. The van der Waals surface area contributed by atoms with E-state index in [1.807, 2.05) is 0 Å². The van der Waals surface area contributed by atoms with Gasteiger partial charge in [0.05, 0.1) is 27.7 Å². The Morgan fingerprint density at radius 3 is 1.94 bits per heavy atom. The summed E-state index contributed by atoms with van der Waals surface area (Å²) in [6.45, 7) is 5.94. The third kappa shape index (κ3) is 13.9. The molecule has 0 aromatic rings. The fourth-order valence-electron chi connectivity index (χ4n) is 1.83. The van der Waals surface area contributed by atoms with Gasteiger partial charge in [-0.2, -0.15) is 0 Å². The van der Waals surface area contributed by atoms with E-state index in [9.17, 15) is 0 Å². The minimum absolute atomic E-state index is 1.08. The van der Waals surface area contributed by atoms with Gasteiger partial charge < -0.3 is 9.80 Å². The molecule has 2 heteroatoms. The van der Waals surface area contributed by atoms with Crippen molar-refractivity contribution in [3.05, 3.63) is 0 Å². The van der Waals surface area contributed by atoms with E-state index in [0.29, 0.717) is 0 Å². The first-order valence-corrected chi connectivity index (χ1v) is 7.07. The van der Waals surface area contributed by atoms with Crippen LogP contribution in [0.1, 0.15) is 51.9 Å². The fraction of sp³-hybridized carbons (Fsp3) is 1.00. The van der Waals surface area contributed by atoms with Crippen molar-refractivity contribution in [2.75, 3.05) is 40.8 Å². The smallest absolute Gasteiger partial charge is 0.0792 e. The molecule has 0 aliphatic carbocycles. The number of rotatable bonds is 11. The Bertz CT molecular complexity index is 138. The van der Waals surface area contributed by atoms with Crippen molar-refractivity contribution in [3.8, 4) is 0 Å². The lowest BCUT2D eigenvalue weighted by Gasteiger charge is -2.23. The first-order valence-electron chi connectivity index (χ1n) is 7.07. The van der Waals surface area contributed by atoms with E-state index in [4.69, 9.17) is 0 Å². The molecule has 0 bridgehead atoms. The molecule has 2 nitrogen and oxygen atoms in total. The quantitative estimate of drug-likeness (QED) is 0.424. The Morgan fingerprint density at radius 2 is 1.31 bits per heavy atom. The Hall–Kier alpha value is -0.0800. The van der Waals surface area contributed by atoms with Gasteiger partial charge in [0.15, 0.2) is 0 Å². The molecule has 0 heterocycles. The normalized spacial score (nSPS) is 12.0. The lowest BCUT2D eigenvalue weighted by molar-refractivity contribution is -0.870. The Kier molecular flexibility index (Phi) is 10.0. The maximum atomic E-state index is 3.54. The van der Waals surface area contributed by atoms with Crippen LogP contribution >= 0.6 is 0 Å². The largest absolute Gasteiger partial charge is 0.331 e. The highest BCUT2D eigenvalue weighted by Gasteiger charge is 2.04. The summed E-state index contributed by atoms with van der Waals surface area (Å²) in [6, 6.07) is 0. The van der Waals surface area contributed by atoms with Gasteiger partial charge in [0.25, 0.3) is 0 Å². The molecule has 0 saturated carbocycles. The zero-order valence-electron chi connectivity index (χ0n) is 12.0. The molecule has 0 aliphatic rings. The van der Waals surface area contributed by atoms with E-state index in [1.165, 1.54) is 64.6 Å². The van der Waals surface area contributed by atoms with Crippen molar-refractivity contribution < 1.29 is 4.48 Å². The van der Waals surface area contributed by atoms with Crippen LogP contribution in [0.2, 0.25) is 0 Å². The number of hydrogen-bond acceptors (Lipinski definition) is 1. The molecule has 0 aliphatic heterocycles. The van der Waals surface area contributed by atoms with Gasteiger partial charge in [-0.1, -0.05) is 39.0 Å². The van der Waals surface area contributed by atoms with Gasteiger partial charge in [0.1, 0.15) is 0 Å². The minimum Gasteiger partial charge on any atom is -0.331 e. The van der Waals surface area contributed by atoms with E-state index in [1.54, 1.807) is 0 Å².